The fourth-order valence-electron chi connectivity index (χ4n) is 3.43. The maximum absolute atomic E-state index is 4.66. The first-order valence-electron chi connectivity index (χ1n) is 7.87. The molecule has 1 aliphatic rings. The van der Waals surface area contributed by atoms with Crippen LogP contribution >= 0.6 is 0 Å². The topological polar surface area (TPSA) is 46.5 Å². The first-order chi connectivity index (χ1) is 10.8. The van der Waals surface area contributed by atoms with Gasteiger partial charge in [-0.15, -0.1) is 0 Å². The second-order valence-electron chi connectivity index (χ2n) is 6.08. The molecular formula is C18H20N4. The minimum Gasteiger partial charge on any atom is -0.345 e. The van der Waals surface area contributed by atoms with Crippen LogP contribution in [0.4, 0.5) is 0 Å². The number of hydrogen-bond donors (Lipinski definition) is 1. The smallest absolute Gasteiger partial charge is 0.116 e. The molecule has 0 bridgehead atoms. The van der Waals surface area contributed by atoms with Crippen LogP contribution in [-0.4, -0.2) is 19.5 Å². The van der Waals surface area contributed by atoms with Crippen molar-refractivity contribution in [3.63, 3.8) is 0 Å². The van der Waals surface area contributed by atoms with Gasteiger partial charge in [0.2, 0.25) is 0 Å². The van der Waals surface area contributed by atoms with Crippen molar-refractivity contribution in [2.75, 3.05) is 0 Å². The molecule has 1 N–H and O–H groups in total. The van der Waals surface area contributed by atoms with E-state index in [0.29, 0.717) is 5.92 Å². The van der Waals surface area contributed by atoms with E-state index in [-0.39, 0.29) is 0 Å². The van der Waals surface area contributed by atoms with Gasteiger partial charge in [0.15, 0.2) is 0 Å². The summed E-state index contributed by atoms with van der Waals surface area (Å²) in [7, 11) is 0. The Hall–Kier alpha value is -2.36. The van der Waals surface area contributed by atoms with Crippen LogP contribution < -0.4 is 0 Å². The first kappa shape index (κ1) is 13.3. The lowest BCUT2D eigenvalue weighted by Crippen LogP contribution is -2.10. The third-order valence-electron chi connectivity index (χ3n) is 4.81. The van der Waals surface area contributed by atoms with Crippen LogP contribution in [0.1, 0.15) is 42.1 Å². The van der Waals surface area contributed by atoms with Crippen molar-refractivity contribution >= 4 is 11.0 Å². The standard InChI is InChI=1S/C18H20N4/c1-12-13(2)17-15(20-11-21-17)10-16(12)22-9-8-19-18(22)14-6-4-3-5-7-14/h3-4,8-11,14H,5-7H2,1-2H3,(H,20,21). The summed E-state index contributed by atoms with van der Waals surface area (Å²) in [6.07, 6.45) is 13.7. The Morgan fingerprint density at radius 1 is 1.18 bits per heavy atom. The van der Waals surface area contributed by atoms with Gasteiger partial charge < -0.3 is 9.55 Å². The highest BCUT2D eigenvalue weighted by atomic mass is 15.1. The number of hydrogen-bond acceptors (Lipinski definition) is 2. The molecule has 0 amide bonds. The molecule has 112 valence electrons. The van der Waals surface area contributed by atoms with E-state index in [9.17, 15) is 0 Å². The Balaban J connectivity index is 1.87. The predicted octanol–water partition coefficient (Wildman–Crippen LogP) is 4.19. The third-order valence-corrected chi connectivity index (χ3v) is 4.81. The molecule has 3 aromatic rings. The van der Waals surface area contributed by atoms with E-state index in [1.165, 1.54) is 29.1 Å². The minimum atomic E-state index is 0.511. The summed E-state index contributed by atoms with van der Waals surface area (Å²) in [5.41, 5.74) is 5.85. The maximum atomic E-state index is 4.66. The molecule has 2 aromatic heterocycles. The van der Waals surface area contributed by atoms with Crippen LogP contribution in [-0.2, 0) is 0 Å². The van der Waals surface area contributed by atoms with Crippen LogP contribution in [0.25, 0.3) is 16.7 Å². The van der Waals surface area contributed by atoms with E-state index in [0.717, 1.165) is 23.9 Å². The lowest BCUT2D eigenvalue weighted by Gasteiger charge is -2.20. The van der Waals surface area contributed by atoms with Gasteiger partial charge in [-0.05, 0) is 50.3 Å². The number of H-pyrrole nitrogens is 1. The van der Waals surface area contributed by atoms with Gasteiger partial charge in [0.25, 0.3) is 0 Å². The number of fused-ring (bicyclic) bond motifs is 1. The second-order valence-corrected chi connectivity index (χ2v) is 6.08. The molecule has 0 fully saturated rings. The summed E-state index contributed by atoms with van der Waals surface area (Å²) in [5, 5.41) is 0. The van der Waals surface area contributed by atoms with Gasteiger partial charge in [-0.1, -0.05) is 12.2 Å². The molecule has 0 saturated heterocycles. The Labute approximate surface area is 129 Å². The number of benzene rings is 1. The number of aromatic nitrogens is 4. The van der Waals surface area contributed by atoms with Crippen LogP contribution in [0.5, 0.6) is 0 Å². The highest BCUT2D eigenvalue weighted by Crippen LogP contribution is 2.32. The lowest BCUT2D eigenvalue weighted by atomic mass is 9.93. The van der Waals surface area contributed by atoms with E-state index in [4.69, 9.17) is 0 Å². The number of rotatable bonds is 2. The number of nitrogens with zero attached hydrogens (tertiary/aromatic N) is 3. The van der Waals surface area contributed by atoms with E-state index >= 15 is 0 Å². The van der Waals surface area contributed by atoms with Gasteiger partial charge in [0.05, 0.1) is 23.0 Å². The Morgan fingerprint density at radius 3 is 2.91 bits per heavy atom. The molecule has 0 radical (unpaired) electrons. The fraction of sp³-hybridized carbons (Fsp3) is 0.333. The molecule has 0 saturated carbocycles. The van der Waals surface area contributed by atoms with Crippen LogP contribution in [0, 0.1) is 13.8 Å². The summed E-state index contributed by atoms with van der Waals surface area (Å²) >= 11 is 0. The number of aromatic amines is 1. The van der Waals surface area contributed by atoms with E-state index < -0.39 is 0 Å². The average Bonchev–Trinajstić information content (AvgIpc) is 3.20. The van der Waals surface area contributed by atoms with E-state index in [1.807, 2.05) is 6.20 Å². The highest BCUT2D eigenvalue weighted by molar-refractivity contribution is 5.82. The lowest BCUT2D eigenvalue weighted by molar-refractivity contribution is 0.574. The SMILES string of the molecule is Cc1c(-n2ccnc2C2CC=CCC2)cc2[nH]cnc2c1C. The monoisotopic (exact) mass is 292 g/mol. The third kappa shape index (κ3) is 1.98. The van der Waals surface area contributed by atoms with Gasteiger partial charge in [-0.25, -0.2) is 9.97 Å². The largest absolute Gasteiger partial charge is 0.345 e. The second kappa shape index (κ2) is 5.13. The van der Waals surface area contributed by atoms with Crippen molar-refractivity contribution in [3.8, 4) is 5.69 Å². The van der Waals surface area contributed by atoms with Gasteiger partial charge in [0.1, 0.15) is 5.82 Å². The summed E-state index contributed by atoms with van der Waals surface area (Å²) in [6.45, 7) is 4.31. The number of imidazole rings is 2. The molecule has 0 spiro atoms. The van der Waals surface area contributed by atoms with Crippen molar-refractivity contribution in [1.29, 1.82) is 0 Å². The highest BCUT2D eigenvalue weighted by Gasteiger charge is 2.20. The van der Waals surface area contributed by atoms with Crippen molar-refractivity contribution < 1.29 is 0 Å². The van der Waals surface area contributed by atoms with Crippen LogP contribution in [0.3, 0.4) is 0 Å². The summed E-state index contributed by atoms with van der Waals surface area (Å²) in [4.78, 5) is 12.3. The molecular weight excluding hydrogens is 272 g/mol. The van der Waals surface area contributed by atoms with Gasteiger partial charge >= 0.3 is 0 Å². The molecule has 2 heterocycles. The van der Waals surface area contributed by atoms with Crippen LogP contribution in [0.2, 0.25) is 0 Å². The molecule has 1 aliphatic carbocycles. The zero-order valence-corrected chi connectivity index (χ0v) is 13.0. The van der Waals surface area contributed by atoms with Gasteiger partial charge in [0, 0.05) is 18.3 Å². The zero-order valence-electron chi connectivity index (χ0n) is 13.0. The molecule has 22 heavy (non-hydrogen) atoms. The Morgan fingerprint density at radius 2 is 2.09 bits per heavy atom. The van der Waals surface area contributed by atoms with E-state index in [2.05, 4.69) is 57.8 Å². The summed E-state index contributed by atoms with van der Waals surface area (Å²) in [5.74, 6) is 1.68. The Bertz CT molecular complexity index is 853. The molecule has 1 unspecified atom stereocenters. The van der Waals surface area contributed by atoms with Crippen molar-refractivity contribution in [3.05, 3.63) is 53.9 Å². The number of aryl methyl sites for hydroxylation is 1. The van der Waals surface area contributed by atoms with Crippen molar-refractivity contribution in [2.45, 2.75) is 39.0 Å². The molecule has 1 aromatic carbocycles. The van der Waals surface area contributed by atoms with Crippen LogP contribution in [0.15, 0.2) is 36.9 Å². The molecule has 1 atom stereocenters. The molecule has 4 rings (SSSR count). The van der Waals surface area contributed by atoms with Crippen molar-refractivity contribution in [2.24, 2.45) is 0 Å². The normalized spacial score (nSPS) is 18.2. The fourth-order valence-corrected chi connectivity index (χ4v) is 3.43. The van der Waals surface area contributed by atoms with Gasteiger partial charge in [-0.2, -0.15) is 0 Å². The number of nitrogens with one attached hydrogen (secondary N) is 1. The minimum absolute atomic E-state index is 0.511. The zero-order chi connectivity index (χ0) is 15.1. The predicted molar refractivity (Wildman–Crippen MR) is 88.4 cm³/mol. The first-order valence-corrected chi connectivity index (χ1v) is 7.87. The van der Waals surface area contributed by atoms with Gasteiger partial charge in [-0.3, -0.25) is 0 Å². The average molecular weight is 292 g/mol. The Kier molecular flexibility index (Phi) is 3.10. The summed E-state index contributed by atoms with van der Waals surface area (Å²) < 4.78 is 2.26. The molecule has 0 aliphatic heterocycles. The van der Waals surface area contributed by atoms with E-state index in [1.54, 1.807) is 6.33 Å². The molecule has 4 heteroatoms. The quantitative estimate of drug-likeness (QED) is 0.720. The number of allylic oxidation sites excluding steroid dienone is 2. The van der Waals surface area contributed by atoms with Crippen molar-refractivity contribution in [1.82, 2.24) is 19.5 Å². The molecule has 4 nitrogen and oxygen atoms in total. The summed E-state index contributed by atoms with van der Waals surface area (Å²) in [6, 6.07) is 2.19. The maximum Gasteiger partial charge on any atom is 0.116 e.